The number of fused-ring (bicyclic) bond motifs is 1. The third-order valence-corrected chi connectivity index (χ3v) is 5.31. The number of aliphatic hydroxyl groups excluding tert-OH is 1. The Labute approximate surface area is 176 Å². The number of anilines is 1. The lowest BCUT2D eigenvalue weighted by Gasteiger charge is -2.38. The van der Waals surface area contributed by atoms with Crippen LogP contribution in [0.3, 0.4) is 0 Å². The minimum atomic E-state index is -0.842. The van der Waals surface area contributed by atoms with Crippen LogP contribution in [-0.4, -0.2) is 51.2 Å². The minimum Gasteiger partial charge on any atom is -0.397 e. The van der Waals surface area contributed by atoms with E-state index in [4.69, 9.17) is 10.8 Å². The van der Waals surface area contributed by atoms with E-state index in [1.54, 1.807) is 13.3 Å². The molecule has 0 radical (unpaired) electrons. The molecule has 3 aromatic rings. The maximum atomic E-state index is 12.7. The van der Waals surface area contributed by atoms with Crippen molar-refractivity contribution in [2.75, 3.05) is 24.6 Å². The Bertz CT molecular complexity index is 961. The van der Waals surface area contributed by atoms with Crippen molar-refractivity contribution in [3.63, 3.8) is 0 Å². The van der Waals surface area contributed by atoms with Crippen LogP contribution in [-0.2, 0) is 11.3 Å². The normalized spacial score (nSPS) is 15.4. The molecular weight excluding hydrogens is 380 g/mol. The van der Waals surface area contributed by atoms with Gasteiger partial charge in [-0.2, -0.15) is 0 Å². The summed E-state index contributed by atoms with van der Waals surface area (Å²) in [6, 6.07) is 10.1. The van der Waals surface area contributed by atoms with Crippen LogP contribution in [0.5, 0.6) is 0 Å². The number of piperidine rings is 1. The summed E-state index contributed by atoms with van der Waals surface area (Å²) in [6.45, 7) is 5.85. The minimum absolute atomic E-state index is 0.0859. The summed E-state index contributed by atoms with van der Waals surface area (Å²) >= 11 is 0. The van der Waals surface area contributed by atoms with Gasteiger partial charge in [-0.3, -0.25) is 4.79 Å². The van der Waals surface area contributed by atoms with E-state index in [0.717, 1.165) is 22.4 Å². The van der Waals surface area contributed by atoms with Gasteiger partial charge in [-0.1, -0.05) is 29.8 Å². The van der Waals surface area contributed by atoms with Crippen molar-refractivity contribution in [1.29, 1.82) is 0 Å². The highest BCUT2D eigenvalue weighted by molar-refractivity contribution is 5.88. The summed E-state index contributed by atoms with van der Waals surface area (Å²) in [5, 5.41) is 11.6. The Kier molecular flexibility index (Phi) is 7.02. The predicted octanol–water partition coefficient (Wildman–Crippen LogP) is 1.88. The van der Waals surface area contributed by atoms with Crippen LogP contribution >= 0.6 is 0 Å². The Morgan fingerprint density at radius 2 is 1.90 bits per heavy atom. The van der Waals surface area contributed by atoms with Gasteiger partial charge in [-0.05, 0) is 38.3 Å². The third kappa shape index (κ3) is 4.95. The highest BCUT2D eigenvalue weighted by atomic mass is 16.2. The first-order valence-electron chi connectivity index (χ1n) is 10.2. The van der Waals surface area contributed by atoms with Crippen molar-refractivity contribution < 1.29 is 9.90 Å². The standard InChI is InChI=1S/C20H24N6O.C2H6O/c1-14-2-4-15(5-3-14)12-23-19(27)20(21)7-10-26(11-8-20)18-16-6-9-22-17(16)24-13-25-18;1-2-3/h2-6,9,13H,7-8,10-12,21H2,1H3,(H,23,27)(H,22,24,25);3H,2H2,1H3. The number of aromatic amines is 1. The van der Waals surface area contributed by atoms with E-state index < -0.39 is 5.54 Å². The second-order valence-electron chi connectivity index (χ2n) is 7.56. The highest BCUT2D eigenvalue weighted by Gasteiger charge is 2.38. The van der Waals surface area contributed by atoms with Gasteiger partial charge in [-0.25, -0.2) is 9.97 Å². The number of nitrogens with one attached hydrogen (secondary N) is 2. The van der Waals surface area contributed by atoms with Gasteiger partial charge in [-0.15, -0.1) is 0 Å². The molecule has 0 aliphatic carbocycles. The average molecular weight is 411 g/mol. The van der Waals surface area contributed by atoms with Crippen LogP contribution in [0.4, 0.5) is 5.82 Å². The van der Waals surface area contributed by atoms with Crippen molar-refractivity contribution in [1.82, 2.24) is 20.3 Å². The van der Waals surface area contributed by atoms with Crippen LogP contribution in [0.1, 0.15) is 30.9 Å². The first-order valence-corrected chi connectivity index (χ1v) is 10.2. The second-order valence-corrected chi connectivity index (χ2v) is 7.56. The first-order chi connectivity index (χ1) is 14.5. The Balaban J connectivity index is 0.000000806. The van der Waals surface area contributed by atoms with Gasteiger partial charge in [0.25, 0.3) is 0 Å². The average Bonchev–Trinajstić information content (AvgIpc) is 3.23. The molecular formula is C22H30N6O2. The van der Waals surface area contributed by atoms with E-state index in [1.807, 2.05) is 43.5 Å². The summed E-state index contributed by atoms with van der Waals surface area (Å²) in [4.78, 5) is 26.6. The molecule has 1 saturated heterocycles. The number of rotatable bonds is 4. The van der Waals surface area contributed by atoms with E-state index in [0.29, 0.717) is 32.5 Å². The molecule has 0 unspecified atom stereocenters. The zero-order valence-corrected chi connectivity index (χ0v) is 17.6. The Morgan fingerprint density at radius 1 is 1.23 bits per heavy atom. The lowest BCUT2D eigenvalue weighted by molar-refractivity contribution is -0.127. The zero-order valence-electron chi connectivity index (χ0n) is 17.6. The van der Waals surface area contributed by atoms with Gasteiger partial charge in [0.15, 0.2) is 0 Å². The molecule has 0 bridgehead atoms. The Hall–Kier alpha value is -2.97. The van der Waals surface area contributed by atoms with Crippen molar-refractivity contribution >= 4 is 22.8 Å². The first kappa shape index (κ1) is 21.7. The molecule has 1 aliphatic heterocycles. The fourth-order valence-electron chi connectivity index (χ4n) is 3.52. The van der Waals surface area contributed by atoms with Crippen molar-refractivity contribution in [2.45, 2.75) is 38.8 Å². The van der Waals surface area contributed by atoms with Crippen molar-refractivity contribution in [3.8, 4) is 0 Å². The monoisotopic (exact) mass is 410 g/mol. The molecule has 1 amide bonds. The molecule has 160 valence electrons. The number of hydrogen-bond acceptors (Lipinski definition) is 6. The maximum Gasteiger partial charge on any atom is 0.240 e. The third-order valence-electron chi connectivity index (χ3n) is 5.31. The Morgan fingerprint density at radius 3 is 2.57 bits per heavy atom. The van der Waals surface area contributed by atoms with Gasteiger partial charge in [0.05, 0.1) is 10.9 Å². The molecule has 8 nitrogen and oxygen atoms in total. The molecule has 0 spiro atoms. The van der Waals surface area contributed by atoms with Gasteiger partial charge in [0, 0.05) is 32.4 Å². The van der Waals surface area contributed by atoms with E-state index in [2.05, 4.69) is 25.2 Å². The molecule has 4 rings (SSSR count). The molecule has 1 aliphatic rings. The lowest BCUT2D eigenvalue weighted by Crippen LogP contribution is -2.59. The van der Waals surface area contributed by atoms with Crippen molar-refractivity contribution in [2.24, 2.45) is 5.73 Å². The SMILES string of the molecule is CCO.Cc1ccc(CNC(=O)C2(N)CCN(c3ncnc4[nH]ccc34)CC2)cc1. The number of aliphatic hydroxyl groups is 1. The van der Waals surface area contributed by atoms with Crippen LogP contribution < -0.4 is 16.0 Å². The molecule has 8 heteroatoms. The van der Waals surface area contributed by atoms with E-state index >= 15 is 0 Å². The van der Waals surface area contributed by atoms with Crippen LogP contribution in [0.2, 0.25) is 0 Å². The number of nitrogens with zero attached hydrogens (tertiary/aromatic N) is 3. The number of benzene rings is 1. The predicted molar refractivity (Wildman–Crippen MR) is 118 cm³/mol. The summed E-state index contributed by atoms with van der Waals surface area (Å²) in [6.07, 6.45) is 4.59. The molecule has 1 aromatic carbocycles. The number of aryl methyl sites for hydroxylation is 1. The van der Waals surface area contributed by atoms with Gasteiger partial charge >= 0.3 is 0 Å². The van der Waals surface area contributed by atoms with E-state index in [-0.39, 0.29) is 12.5 Å². The van der Waals surface area contributed by atoms with Crippen LogP contribution in [0, 0.1) is 6.92 Å². The fraction of sp³-hybridized carbons (Fsp3) is 0.409. The molecule has 30 heavy (non-hydrogen) atoms. The summed E-state index contributed by atoms with van der Waals surface area (Å²) in [5.41, 5.74) is 8.70. The van der Waals surface area contributed by atoms with Gasteiger partial charge in [0.1, 0.15) is 17.8 Å². The van der Waals surface area contributed by atoms with Crippen molar-refractivity contribution in [3.05, 3.63) is 54.0 Å². The van der Waals surface area contributed by atoms with Crippen LogP contribution in [0.25, 0.3) is 11.0 Å². The summed E-state index contributed by atoms with van der Waals surface area (Å²) < 4.78 is 0. The smallest absolute Gasteiger partial charge is 0.240 e. The molecule has 3 heterocycles. The summed E-state index contributed by atoms with van der Waals surface area (Å²) in [7, 11) is 0. The maximum absolute atomic E-state index is 12.7. The summed E-state index contributed by atoms with van der Waals surface area (Å²) in [5.74, 6) is 0.806. The largest absolute Gasteiger partial charge is 0.397 e. The van der Waals surface area contributed by atoms with Crippen LogP contribution in [0.15, 0.2) is 42.9 Å². The van der Waals surface area contributed by atoms with E-state index in [1.165, 1.54) is 5.56 Å². The second kappa shape index (κ2) is 9.69. The van der Waals surface area contributed by atoms with Gasteiger partial charge in [0.2, 0.25) is 5.91 Å². The molecule has 1 fully saturated rings. The fourth-order valence-corrected chi connectivity index (χ4v) is 3.52. The number of nitrogens with two attached hydrogens (primary N) is 1. The molecule has 5 N–H and O–H groups in total. The number of carbonyl (C=O) groups is 1. The topological polar surface area (TPSA) is 120 Å². The quantitative estimate of drug-likeness (QED) is 0.521. The van der Waals surface area contributed by atoms with Gasteiger partial charge < -0.3 is 26.0 Å². The number of aromatic nitrogens is 3. The molecule has 0 saturated carbocycles. The highest BCUT2D eigenvalue weighted by Crippen LogP contribution is 2.28. The van der Waals surface area contributed by atoms with E-state index in [9.17, 15) is 4.79 Å². The molecule has 2 aromatic heterocycles. The number of hydrogen-bond donors (Lipinski definition) is 4. The number of carbonyl (C=O) groups excluding carboxylic acids is 1. The number of H-pyrrole nitrogens is 1. The lowest BCUT2D eigenvalue weighted by atomic mass is 9.87. The number of amides is 1. The zero-order chi connectivity index (χ0) is 21.6. The molecule has 0 atom stereocenters.